The molecule has 3 heterocycles. The Labute approximate surface area is 145 Å². The number of fused-ring (bicyclic) bond motifs is 1. The van der Waals surface area contributed by atoms with Crippen molar-refractivity contribution in [3.05, 3.63) is 59.4 Å². The summed E-state index contributed by atoms with van der Waals surface area (Å²) < 4.78 is 3.66. The van der Waals surface area contributed by atoms with Crippen LogP contribution in [0.3, 0.4) is 0 Å². The number of hydrogen-bond acceptors (Lipinski definition) is 4. The Kier molecular flexibility index (Phi) is 3.83. The highest BCUT2D eigenvalue weighted by Gasteiger charge is 2.27. The monoisotopic (exact) mass is 336 g/mol. The Morgan fingerprint density at radius 2 is 2.12 bits per heavy atom. The molecule has 1 aliphatic rings. The minimum Gasteiger partial charge on any atom is -0.344 e. The third kappa shape index (κ3) is 2.82. The SMILES string of the molecule is Cc1cc(C(=O)N[C@H]2CCCc3c2cnn3-c2ccncc2)nn1C. The van der Waals surface area contributed by atoms with Crippen molar-refractivity contribution in [1.82, 2.24) is 29.9 Å². The lowest BCUT2D eigenvalue weighted by Crippen LogP contribution is -2.31. The molecule has 0 radical (unpaired) electrons. The normalized spacial score (nSPS) is 16.5. The van der Waals surface area contributed by atoms with E-state index in [9.17, 15) is 4.79 Å². The van der Waals surface area contributed by atoms with Gasteiger partial charge in [0, 0.05) is 36.4 Å². The van der Waals surface area contributed by atoms with E-state index in [-0.39, 0.29) is 11.9 Å². The molecule has 0 saturated carbocycles. The first kappa shape index (κ1) is 15.6. The summed E-state index contributed by atoms with van der Waals surface area (Å²) in [6.45, 7) is 1.93. The molecule has 0 aliphatic heterocycles. The number of nitrogens with zero attached hydrogens (tertiary/aromatic N) is 5. The molecule has 3 aromatic rings. The maximum Gasteiger partial charge on any atom is 0.272 e. The molecule has 0 bridgehead atoms. The molecule has 1 amide bonds. The van der Waals surface area contributed by atoms with E-state index in [1.165, 1.54) is 0 Å². The van der Waals surface area contributed by atoms with Crippen molar-refractivity contribution >= 4 is 5.91 Å². The molecule has 0 fully saturated rings. The van der Waals surface area contributed by atoms with Crippen LogP contribution in [0.15, 0.2) is 36.8 Å². The Bertz CT molecular complexity index is 892. The van der Waals surface area contributed by atoms with Crippen LogP contribution < -0.4 is 5.32 Å². The van der Waals surface area contributed by atoms with Crippen molar-refractivity contribution in [3.63, 3.8) is 0 Å². The number of carbonyl (C=O) groups is 1. The highest BCUT2D eigenvalue weighted by atomic mass is 16.2. The van der Waals surface area contributed by atoms with Gasteiger partial charge in [0.15, 0.2) is 0 Å². The van der Waals surface area contributed by atoms with E-state index in [0.29, 0.717) is 5.69 Å². The molecule has 25 heavy (non-hydrogen) atoms. The van der Waals surface area contributed by atoms with Crippen molar-refractivity contribution in [1.29, 1.82) is 0 Å². The zero-order valence-electron chi connectivity index (χ0n) is 14.3. The third-order valence-corrected chi connectivity index (χ3v) is 4.74. The highest BCUT2D eigenvalue weighted by molar-refractivity contribution is 5.92. The van der Waals surface area contributed by atoms with Crippen molar-refractivity contribution in [3.8, 4) is 5.69 Å². The molecule has 3 aromatic heterocycles. The number of amides is 1. The Morgan fingerprint density at radius 1 is 1.32 bits per heavy atom. The van der Waals surface area contributed by atoms with Gasteiger partial charge in [0.05, 0.1) is 17.9 Å². The smallest absolute Gasteiger partial charge is 0.272 e. The Morgan fingerprint density at radius 3 is 2.84 bits per heavy atom. The second kappa shape index (κ2) is 6.16. The molecule has 7 heteroatoms. The number of hydrogen-bond donors (Lipinski definition) is 1. The van der Waals surface area contributed by atoms with Crippen molar-refractivity contribution in [2.75, 3.05) is 0 Å². The molecule has 1 N–H and O–H groups in total. The number of aromatic nitrogens is 5. The van der Waals surface area contributed by atoms with E-state index >= 15 is 0 Å². The summed E-state index contributed by atoms with van der Waals surface area (Å²) in [4.78, 5) is 16.6. The van der Waals surface area contributed by atoms with Gasteiger partial charge in [0.1, 0.15) is 5.69 Å². The summed E-state index contributed by atoms with van der Waals surface area (Å²) in [6.07, 6.45) is 8.25. The first-order chi connectivity index (χ1) is 12.1. The summed E-state index contributed by atoms with van der Waals surface area (Å²) in [5.74, 6) is -0.141. The minimum atomic E-state index is -0.141. The van der Waals surface area contributed by atoms with Crippen molar-refractivity contribution in [2.45, 2.75) is 32.2 Å². The van der Waals surface area contributed by atoms with Crippen molar-refractivity contribution in [2.24, 2.45) is 7.05 Å². The first-order valence-electron chi connectivity index (χ1n) is 8.42. The van der Waals surface area contributed by atoms with Crippen LogP contribution in [0, 0.1) is 6.92 Å². The van der Waals surface area contributed by atoms with Gasteiger partial charge in [-0.15, -0.1) is 0 Å². The molecule has 128 valence electrons. The van der Waals surface area contributed by atoms with Gasteiger partial charge >= 0.3 is 0 Å². The van der Waals surface area contributed by atoms with Crippen LogP contribution in [-0.2, 0) is 13.5 Å². The van der Waals surface area contributed by atoms with Crippen LogP contribution in [0.1, 0.15) is 46.3 Å². The van der Waals surface area contributed by atoms with Gasteiger partial charge in [-0.25, -0.2) is 4.68 Å². The van der Waals surface area contributed by atoms with E-state index in [0.717, 1.165) is 41.9 Å². The molecule has 0 saturated heterocycles. The number of carbonyl (C=O) groups excluding carboxylic acids is 1. The predicted molar refractivity (Wildman–Crippen MR) is 92.4 cm³/mol. The predicted octanol–water partition coefficient (Wildman–Crippen LogP) is 2.12. The van der Waals surface area contributed by atoms with Gasteiger partial charge < -0.3 is 5.32 Å². The minimum absolute atomic E-state index is 0.0332. The molecule has 1 aliphatic carbocycles. The maximum absolute atomic E-state index is 12.5. The van der Waals surface area contributed by atoms with Gasteiger partial charge in [-0.1, -0.05) is 0 Å². The quantitative estimate of drug-likeness (QED) is 0.795. The number of aryl methyl sites for hydroxylation is 2. The summed E-state index contributed by atoms with van der Waals surface area (Å²) in [7, 11) is 1.84. The van der Waals surface area contributed by atoms with E-state index < -0.39 is 0 Å². The third-order valence-electron chi connectivity index (χ3n) is 4.74. The largest absolute Gasteiger partial charge is 0.344 e. The van der Waals surface area contributed by atoms with Gasteiger partial charge in [-0.2, -0.15) is 10.2 Å². The van der Waals surface area contributed by atoms with Crippen LogP contribution >= 0.6 is 0 Å². The topological polar surface area (TPSA) is 77.6 Å². The van der Waals surface area contributed by atoms with Crippen LogP contribution in [0.4, 0.5) is 0 Å². The average molecular weight is 336 g/mol. The molecular weight excluding hydrogens is 316 g/mol. The fraction of sp³-hybridized carbons (Fsp3) is 0.333. The van der Waals surface area contributed by atoms with E-state index in [4.69, 9.17) is 0 Å². The standard InChI is InChI=1S/C18H20N6O/c1-12-10-16(22-23(12)2)18(25)21-15-4-3-5-17-14(15)11-20-24(17)13-6-8-19-9-7-13/h6-11,15H,3-5H2,1-2H3,(H,21,25)/t15-/m0/s1. The fourth-order valence-electron chi connectivity index (χ4n) is 3.32. The summed E-state index contributed by atoms with van der Waals surface area (Å²) in [6, 6.07) is 5.65. The second-order valence-electron chi connectivity index (χ2n) is 6.38. The second-order valence-corrected chi connectivity index (χ2v) is 6.38. The molecule has 4 rings (SSSR count). The van der Waals surface area contributed by atoms with Crippen LogP contribution in [0.2, 0.25) is 0 Å². The van der Waals surface area contributed by atoms with Crippen LogP contribution in [-0.4, -0.2) is 30.5 Å². The van der Waals surface area contributed by atoms with Crippen LogP contribution in [0.5, 0.6) is 0 Å². The number of pyridine rings is 1. The molecule has 0 unspecified atom stereocenters. The van der Waals surface area contributed by atoms with E-state index in [1.54, 1.807) is 23.1 Å². The molecule has 0 spiro atoms. The zero-order valence-corrected chi connectivity index (χ0v) is 14.3. The summed E-state index contributed by atoms with van der Waals surface area (Å²) in [5.41, 5.74) is 4.64. The van der Waals surface area contributed by atoms with Gasteiger partial charge in [0.25, 0.3) is 5.91 Å². The molecular formula is C18H20N6O. The van der Waals surface area contributed by atoms with Gasteiger partial charge in [-0.05, 0) is 44.4 Å². The number of nitrogens with one attached hydrogen (secondary N) is 1. The first-order valence-corrected chi connectivity index (χ1v) is 8.42. The Balaban J connectivity index is 1.60. The van der Waals surface area contributed by atoms with E-state index in [1.807, 2.05) is 37.0 Å². The fourth-order valence-corrected chi connectivity index (χ4v) is 3.32. The Hall–Kier alpha value is -2.96. The molecule has 1 atom stereocenters. The number of rotatable bonds is 3. The summed E-state index contributed by atoms with van der Waals surface area (Å²) >= 11 is 0. The average Bonchev–Trinajstić information content (AvgIpc) is 3.20. The maximum atomic E-state index is 12.5. The zero-order chi connectivity index (χ0) is 17.4. The van der Waals surface area contributed by atoms with E-state index in [2.05, 4.69) is 20.5 Å². The molecule has 0 aromatic carbocycles. The highest BCUT2D eigenvalue weighted by Crippen LogP contribution is 2.31. The van der Waals surface area contributed by atoms with Gasteiger partial charge in [0.2, 0.25) is 0 Å². The lowest BCUT2D eigenvalue weighted by molar-refractivity contribution is 0.0927. The lowest BCUT2D eigenvalue weighted by atomic mass is 9.92. The molecule has 7 nitrogen and oxygen atoms in total. The van der Waals surface area contributed by atoms with Crippen molar-refractivity contribution < 1.29 is 4.79 Å². The summed E-state index contributed by atoms with van der Waals surface area (Å²) in [5, 5.41) is 11.9. The van der Waals surface area contributed by atoms with Crippen LogP contribution in [0.25, 0.3) is 5.69 Å². The van der Waals surface area contributed by atoms with Gasteiger partial charge in [-0.3, -0.25) is 14.5 Å². The lowest BCUT2D eigenvalue weighted by Gasteiger charge is -2.24.